The highest BCUT2D eigenvalue weighted by Gasteiger charge is 2.30. The molecule has 0 aromatic heterocycles. The van der Waals surface area contributed by atoms with Crippen molar-refractivity contribution in [3.05, 3.63) is 29.3 Å². The molecule has 19 heavy (non-hydrogen) atoms. The van der Waals surface area contributed by atoms with E-state index in [4.69, 9.17) is 4.74 Å². The van der Waals surface area contributed by atoms with Crippen molar-refractivity contribution in [1.29, 1.82) is 0 Å². The van der Waals surface area contributed by atoms with Gasteiger partial charge in [0.2, 0.25) is 5.91 Å². The molecule has 1 unspecified atom stereocenters. The topological polar surface area (TPSA) is 46.6 Å². The normalized spacial score (nSPS) is 18.8. The summed E-state index contributed by atoms with van der Waals surface area (Å²) in [7, 11) is 1.35. The summed E-state index contributed by atoms with van der Waals surface area (Å²) in [4.78, 5) is 25.3. The monoisotopic (exact) mass is 279 g/mol. The van der Waals surface area contributed by atoms with E-state index in [1.54, 1.807) is 17.0 Å². The van der Waals surface area contributed by atoms with Gasteiger partial charge in [-0.05, 0) is 36.3 Å². The van der Waals surface area contributed by atoms with Crippen molar-refractivity contribution >= 4 is 30.2 Å². The first-order valence-electron chi connectivity index (χ1n) is 6.17. The Kier molecular flexibility index (Phi) is 4.14. The molecule has 4 nitrogen and oxygen atoms in total. The van der Waals surface area contributed by atoms with E-state index >= 15 is 0 Å². The highest BCUT2D eigenvalue weighted by atomic mass is 32.1. The van der Waals surface area contributed by atoms with Crippen LogP contribution in [-0.4, -0.2) is 31.3 Å². The molecule has 1 aromatic rings. The van der Waals surface area contributed by atoms with Gasteiger partial charge in [-0.1, -0.05) is 6.07 Å². The number of anilines is 1. The molecule has 1 saturated heterocycles. The van der Waals surface area contributed by atoms with Crippen LogP contribution in [0, 0.1) is 12.8 Å². The molecule has 1 aromatic carbocycles. The van der Waals surface area contributed by atoms with E-state index in [2.05, 4.69) is 12.6 Å². The van der Waals surface area contributed by atoms with Crippen LogP contribution >= 0.6 is 12.6 Å². The number of rotatable bonds is 3. The zero-order valence-electron chi connectivity index (χ0n) is 11.0. The quantitative estimate of drug-likeness (QED) is 0.680. The minimum absolute atomic E-state index is 0.0872. The van der Waals surface area contributed by atoms with Crippen LogP contribution in [0.25, 0.3) is 0 Å². The summed E-state index contributed by atoms with van der Waals surface area (Å²) >= 11 is 4.25. The van der Waals surface area contributed by atoms with Crippen LogP contribution in [0.1, 0.15) is 22.3 Å². The minimum Gasteiger partial charge on any atom is -0.465 e. The van der Waals surface area contributed by atoms with Crippen molar-refractivity contribution in [2.45, 2.75) is 13.3 Å². The van der Waals surface area contributed by atoms with Crippen LogP contribution in [0.4, 0.5) is 5.69 Å². The van der Waals surface area contributed by atoms with Crippen LogP contribution in [0.15, 0.2) is 18.2 Å². The maximum Gasteiger partial charge on any atom is 0.337 e. The average Bonchev–Trinajstić information content (AvgIpc) is 2.79. The Morgan fingerprint density at radius 3 is 2.84 bits per heavy atom. The van der Waals surface area contributed by atoms with Gasteiger partial charge >= 0.3 is 5.97 Å². The van der Waals surface area contributed by atoms with Crippen molar-refractivity contribution in [1.82, 2.24) is 0 Å². The first kappa shape index (κ1) is 13.9. The first-order valence-corrected chi connectivity index (χ1v) is 6.80. The number of benzene rings is 1. The summed E-state index contributed by atoms with van der Waals surface area (Å²) in [6.07, 6.45) is 0.519. The maximum atomic E-state index is 12.0. The molecule has 2 rings (SSSR count). The molecule has 1 atom stereocenters. The smallest absolute Gasteiger partial charge is 0.337 e. The van der Waals surface area contributed by atoms with E-state index in [9.17, 15) is 9.59 Å². The second-order valence-electron chi connectivity index (χ2n) is 4.75. The van der Waals surface area contributed by atoms with Crippen LogP contribution in [0.2, 0.25) is 0 Å². The van der Waals surface area contributed by atoms with Crippen molar-refractivity contribution in [3.8, 4) is 0 Å². The number of amides is 1. The number of esters is 1. The van der Waals surface area contributed by atoms with E-state index in [-0.39, 0.29) is 11.8 Å². The Bertz CT molecular complexity index is 515. The minimum atomic E-state index is -0.390. The molecule has 0 radical (unpaired) electrons. The third-order valence-electron chi connectivity index (χ3n) is 3.38. The van der Waals surface area contributed by atoms with Gasteiger partial charge in [-0.3, -0.25) is 4.79 Å². The first-order chi connectivity index (χ1) is 9.06. The molecule has 1 heterocycles. The SMILES string of the molecule is COC(=O)c1ccc(C)c(N2CC(CS)CC2=O)c1. The number of nitrogens with zero attached hydrogens (tertiary/aromatic N) is 1. The van der Waals surface area contributed by atoms with Gasteiger partial charge in [0.1, 0.15) is 0 Å². The van der Waals surface area contributed by atoms with Crippen molar-refractivity contribution in [3.63, 3.8) is 0 Å². The van der Waals surface area contributed by atoms with Crippen LogP contribution in [0.5, 0.6) is 0 Å². The standard InChI is InChI=1S/C14H17NO3S/c1-9-3-4-11(14(17)18-2)6-12(9)15-7-10(8-19)5-13(15)16/h3-4,6,10,19H,5,7-8H2,1-2H3. The zero-order chi connectivity index (χ0) is 14.0. The summed E-state index contributed by atoms with van der Waals surface area (Å²) < 4.78 is 4.71. The highest BCUT2D eigenvalue weighted by molar-refractivity contribution is 7.80. The molecular formula is C14H17NO3S. The van der Waals surface area contributed by atoms with Gasteiger partial charge in [-0.15, -0.1) is 0 Å². The van der Waals surface area contributed by atoms with Gasteiger partial charge in [-0.25, -0.2) is 4.79 Å². The van der Waals surface area contributed by atoms with Gasteiger partial charge < -0.3 is 9.64 Å². The zero-order valence-corrected chi connectivity index (χ0v) is 11.9. The Morgan fingerprint density at radius 2 is 2.26 bits per heavy atom. The summed E-state index contributed by atoms with van der Waals surface area (Å²) in [5, 5.41) is 0. The molecule has 1 fully saturated rings. The fourth-order valence-corrected chi connectivity index (χ4v) is 2.53. The summed E-state index contributed by atoms with van der Waals surface area (Å²) in [5.41, 5.74) is 2.23. The fourth-order valence-electron chi connectivity index (χ4n) is 2.28. The number of ether oxygens (including phenoxy) is 1. The average molecular weight is 279 g/mol. The Balaban J connectivity index is 2.34. The molecule has 1 aliphatic rings. The molecule has 0 bridgehead atoms. The second kappa shape index (κ2) is 5.65. The fraction of sp³-hybridized carbons (Fsp3) is 0.429. The van der Waals surface area contributed by atoms with E-state index in [0.717, 1.165) is 11.3 Å². The van der Waals surface area contributed by atoms with E-state index in [1.807, 2.05) is 13.0 Å². The molecule has 0 aliphatic carbocycles. The largest absolute Gasteiger partial charge is 0.465 e. The number of thiol groups is 1. The number of carbonyl (C=O) groups is 2. The summed E-state index contributed by atoms with van der Waals surface area (Å²) in [6.45, 7) is 2.59. The van der Waals surface area contributed by atoms with Gasteiger partial charge in [0.25, 0.3) is 0 Å². The molecule has 0 spiro atoms. The lowest BCUT2D eigenvalue weighted by Gasteiger charge is -2.19. The predicted octanol–water partition coefficient (Wildman–Crippen LogP) is 2.06. The molecule has 0 saturated carbocycles. The Morgan fingerprint density at radius 1 is 1.53 bits per heavy atom. The lowest BCUT2D eigenvalue weighted by Crippen LogP contribution is -2.25. The molecule has 102 valence electrons. The highest BCUT2D eigenvalue weighted by Crippen LogP contribution is 2.29. The summed E-state index contributed by atoms with van der Waals surface area (Å²) in [5.74, 6) is 0.664. The van der Waals surface area contributed by atoms with E-state index in [0.29, 0.717) is 24.3 Å². The van der Waals surface area contributed by atoms with Gasteiger partial charge in [0.05, 0.1) is 12.7 Å². The van der Waals surface area contributed by atoms with E-state index in [1.165, 1.54) is 7.11 Å². The molecular weight excluding hydrogens is 262 g/mol. The third-order valence-corrected chi connectivity index (χ3v) is 3.90. The number of aryl methyl sites for hydroxylation is 1. The van der Waals surface area contributed by atoms with Crippen LogP contribution in [0.3, 0.4) is 0 Å². The van der Waals surface area contributed by atoms with Crippen molar-refractivity contribution in [2.75, 3.05) is 24.3 Å². The van der Waals surface area contributed by atoms with Gasteiger partial charge in [-0.2, -0.15) is 12.6 Å². The molecule has 0 N–H and O–H groups in total. The summed E-state index contributed by atoms with van der Waals surface area (Å²) in [6, 6.07) is 5.27. The molecule has 5 heteroatoms. The number of hydrogen-bond donors (Lipinski definition) is 1. The lowest BCUT2D eigenvalue weighted by molar-refractivity contribution is -0.117. The van der Waals surface area contributed by atoms with Crippen molar-refractivity contribution < 1.29 is 14.3 Å². The molecule has 1 aliphatic heterocycles. The van der Waals surface area contributed by atoms with Gasteiger partial charge in [0.15, 0.2) is 0 Å². The molecule has 1 amide bonds. The Hall–Kier alpha value is -1.49. The van der Waals surface area contributed by atoms with Crippen LogP contribution < -0.4 is 4.90 Å². The van der Waals surface area contributed by atoms with Crippen molar-refractivity contribution in [2.24, 2.45) is 5.92 Å². The second-order valence-corrected chi connectivity index (χ2v) is 5.12. The van der Waals surface area contributed by atoms with E-state index < -0.39 is 5.97 Å². The predicted molar refractivity (Wildman–Crippen MR) is 76.8 cm³/mol. The Labute approximate surface area is 118 Å². The van der Waals surface area contributed by atoms with Crippen LogP contribution in [-0.2, 0) is 9.53 Å². The number of hydrogen-bond acceptors (Lipinski definition) is 4. The number of methoxy groups -OCH3 is 1. The lowest BCUT2D eigenvalue weighted by atomic mass is 10.1. The maximum absolute atomic E-state index is 12.0. The number of carbonyl (C=O) groups excluding carboxylic acids is 2. The third kappa shape index (κ3) is 2.76. The van der Waals surface area contributed by atoms with Gasteiger partial charge in [0, 0.05) is 18.7 Å².